The van der Waals surface area contributed by atoms with Crippen LogP contribution in [0.1, 0.15) is 69.9 Å². The first-order valence-corrected chi connectivity index (χ1v) is 13.1. The maximum atomic E-state index is 13.3. The fourth-order valence-electron chi connectivity index (χ4n) is 4.40. The van der Waals surface area contributed by atoms with Crippen LogP contribution in [0.2, 0.25) is 0 Å². The second-order valence-corrected chi connectivity index (χ2v) is 9.20. The van der Waals surface area contributed by atoms with Gasteiger partial charge in [-0.1, -0.05) is 49.2 Å². The van der Waals surface area contributed by atoms with E-state index in [1.54, 1.807) is 18.7 Å². The SMILES string of the molecule is CCN(CC)C(=O)C(C)c1ccc(CC(CCCCCC(=O)NO)C(=O)Nc2ccccc2OC)cc1. The average Bonchev–Trinajstić information content (AvgIpc) is 2.92. The summed E-state index contributed by atoms with van der Waals surface area (Å²) in [6, 6.07) is 15.3. The van der Waals surface area contributed by atoms with Crippen LogP contribution in [0.25, 0.3) is 0 Å². The molecule has 0 aliphatic rings. The van der Waals surface area contributed by atoms with Gasteiger partial charge in [-0.15, -0.1) is 0 Å². The first-order valence-electron chi connectivity index (χ1n) is 13.1. The van der Waals surface area contributed by atoms with E-state index in [0.29, 0.717) is 43.8 Å². The normalized spacial score (nSPS) is 12.4. The van der Waals surface area contributed by atoms with Crippen molar-refractivity contribution in [3.8, 4) is 5.75 Å². The molecular formula is C29H41N3O5. The molecule has 3 N–H and O–H groups in total. The highest BCUT2D eigenvalue weighted by Gasteiger charge is 2.22. The van der Waals surface area contributed by atoms with Crippen LogP contribution in [0.4, 0.5) is 5.69 Å². The molecule has 202 valence electrons. The van der Waals surface area contributed by atoms with E-state index in [-0.39, 0.29) is 30.1 Å². The molecule has 0 aliphatic carbocycles. The van der Waals surface area contributed by atoms with Gasteiger partial charge in [0.05, 0.1) is 18.7 Å². The van der Waals surface area contributed by atoms with Gasteiger partial charge in [0.25, 0.3) is 0 Å². The van der Waals surface area contributed by atoms with E-state index in [4.69, 9.17) is 9.94 Å². The van der Waals surface area contributed by atoms with Crippen LogP contribution < -0.4 is 15.5 Å². The molecule has 2 aromatic carbocycles. The molecule has 0 heterocycles. The van der Waals surface area contributed by atoms with E-state index in [0.717, 1.165) is 24.0 Å². The fourth-order valence-corrected chi connectivity index (χ4v) is 4.40. The molecule has 2 atom stereocenters. The summed E-state index contributed by atoms with van der Waals surface area (Å²) >= 11 is 0. The molecule has 0 saturated carbocycles. The average molecular weight is 512 g/mol. The summed E-state index contributed by atoms with van der Waals surface area (Å²) in [6.07, 6.45) is 3.64. The van der Waals surface area contributed by atoms with Crippen molar-refractivity contribution < 1.29 is 24.3 Å². The lowest BCUT2D eigenvalue weighted by molar-refractivity contribution is -0.132. The van der Waals surface area contributed by atoms with Crippen LogP contribution in [0, 0.1) is 5.92 Å². The molecule has 0 saturated heterocycles. The summed E-state index contributed by atoms with van der Waals surface area (Å²) in [4.78, 5) is 39.1. The molecule has 0 spiro atoms. The van der Waals surface area contributed by atoms with Crippen molar-refractivity contribution in [1.29, 1.82) is 0 Å². The van der Waals surface area contributed by atoms with Crippen LogP contribution in [-0.2, 0) is 20.8 Å². The molecule has 37 heavy (non-hydrogen) atoms. The lowest BCUT2D eigenvalue weighted by atomic mass is 9.91. The maximum Gasteiger partial charge on any atom is 0.243 e. The van der Waals surface area contributed by atoms with Gasteiger partial charge in [0.15, 0.2) is 0 Å². The fraction of sp³-hybridized carbons (Fsp3) is 0.483. The first-order chi connectivity index (χ1) is 17.8. The van der Waals surface area contributed by atoms with Crippen molar-refractivity contribution in [2.75, 3.05) is 25.5 Å². The van der Waals surface area contributed by atoms with Crippen molar-refractivity contribution >= 4 is 23.4 Å². The number of unbranched alkanes of at least 4 members (excludes halogenated alkanes) is 2. The highest BCUT2D eigenvalue weighted by molar-refractivity contribution is 5.94. The molecule has 8 nitrogen and oxygen atoms in total. The number of methoxy groups -OCH3 is 1. The Morgan fingerprint density at radius 2 is 1.65 bits per heavy atom. The number of anilines is 1. The van der Waals surface area contributed by atoms with Crippen LogP contribution in [0.3, 0.4) is 0 Å². The Balaban J connectivity index is 2.11. The van der Waals surface area contributed by atoms with Gasteiger partial charge in [-0.3, -0.25) is 19.6 Å². The number of carbonyl (C=O) groups is 3. The van der Waals surface area contributed by atoms with Crippen LogP contribution in [0.15, 0.2) is 48.5 Å². The van der Waals surface area contributed by atoms with E-state index < -0.39 is 5.91 Å². The van der Waals surface area contributed by atoms with Crippen molar-refractivity contribution in [1.82, 2.24) is 10.4 Å². The summed E-state index contributed by atoms with van der Waals surface area (Å²) in [5.41, 5.74) is 4.25. The van der Waals surface area contributed by atoms with Crippen molar-refractivity contribution in [2.24, 2.45) is 5.92 Å². The number of hydroxylamine groups is 1. The Morgan fingerprint density at radius 1 is 0.973 bits per heavy atom. The molecule has 2 aromatic rings. The zero-order valence-corrected chi connectivity index (χ0v) is 22.5. The molecule has 2 unspecified atom stereocenters. The predicted octanol–water partition coefficient (Wildman–Crippen LogP) is 4.92. The molecular weight excluding hydrogens is 470 g/mol. The van der Waals surface area contributed by atoms with Gasteiger partial charge in [-0.25, -0.2) is 5.48 Å². The zero-order chi connectivity index (χ0) is 27.2. The van der Waals surface area contributed by atoms with Gasteiger partial charge in [0.2, 0.25) is 17.7 Å². The molecule has 0 aromatic heterocycles. The number of nitrogens with zero attached hydrogens (tertiary/aromatic N) is 1. The molecule has 2 rings (SSSR count). The minimum absolute atomic E-state index is 0.0910. The van der Waals surface area contributed by atoms with Gasteiger partial charge in [0.1, 0.15) is 5.75 Å². The van der Waals surface area contributed by atoms with Crippen LogP contribution in [0.5, 0.6) is 5.75 Å². The van der Waals surface area contributed by atoms with Crippen molar-refractivity contribution in [3.05, 3.63) is 59.7 Å². The van der Waals surface area contributed by atoms with E-state index in [2.05, 4.69) is 5.32 Å². The summed E-state index contributed by atoms with van der Waals surface area (Å²) in [5, 5.41) is 11.7. The quantitative estimate of drug-likeness (QED) is 0.179. The predicted molar refractivity (Wildman–Crippen MR) is 145 cm³/mol. The second kappa shape index (κ2) is 15.7. The van der Waals surface area contributed by atoms with Crippen LogP contribution >= 0.6 is 0 Å². The summed E-state index contributed by atoms with van der Waals surface area (Å²) in [6.45, 7) is 7.26. The zero-order valence-electron chi connectivity index (χ0n) is 22.5. The number of likely N-dealkylation sites (N-methyl/N-ethyl adjacent to an activating group) is 1. The third kappa shape index (κ3) is 9.21. The second-order valence-electron chi connectivity index (χ2n) is 9.20. The van der Waals surface area contributed by atoms with Gasteiger partial charge >= 0.3 is 0 Å². The van der Waals surface area contributed by atoms with Gasteiger partial charge < -0.3 is 15.0 Å². The lowest BCUT2D eigenvalue weighted by Gasteiger charge is -2.23. The number of carbonyl (C=O) groups excluding carboxylic acids is 3. The Kier molecular flexibility index (Phi) is 12.6. The minimum Gasteiger partial charge on any atom is -0.495 e. The summed E-state index contributed by atoms with van der Waals surface area (Å²) < 4.78 is 5.37. The van der Waals surface area contributed by atoms with Crippen LogP contribution in [-0.4, -0.2) is 48.0 Å². The highest BCUT2D eigenvalue weighted by atomic mass is 16.5. The lowest BCUT2D eigenvalue weighted by Crippen LogP contribution is -2.33. The molecule has 3 amide bonds. The molecule has 0 aliphatic heterocycles. The van der Waals surface area contributed by atoms with Crippen molar-refractivity contribution in [2.45, 2.75) is 65.2 Å². The van der Waals surface area contributed by atoms with E-state index in [1.165, 1.54) is 0 Å². The summed E-state index contributed by atoms with van der Waals surface area (Å²) in [5.74, 6) is -0.291. The topological polar surface area (TPSA) is 108 Å². The van der Waals surface area contributed by atoms with Crippen molar-refractivity contribution in [3.63, 3.8) is 0 Å². The smallest absolute Gasteiger partial charge is 0.243 e. The number of rotatable bonds is 15. The number of para-hydroxylation sites is 2. The third-order valence-corrected chi connectivity index (χ3v) is 6.72. The standard InChI is InChI=1S/C29H41N3O5/c1-5-32(6-2)29(35)21(3)23-18-16-22(17-19-23)20-24(12-8-7-9-15-27(33)31-36)28(34)30-25-13-10-11-14-26(25)37-4/h10-11,13-14,16-19,21,24,36H,5-9,12,15,20H2,1-4H3,(H,30,34)(H,31,33). The number of nitrogens with one attached hydrogen (secondary N) is 2. The number of ether oxygens (including phenoxy) is 1. The van der Waals surface area contributed by atoms with E-state index >= 15 is 0 Å². The van der Waals surface area contributed by atoms with E-state index in [1.807, 2.05) is 68.1 Å². The Bertz CT molecular complexity index is 1000. The van der Waals surface area contributed by atoms with Gasteiger partial charge in [-0.05, 0) is 63.3 Å². The highest BCUT2D eigenvalue weighted by Crippen LogP contribution is 2.26. The molecule has 0 radical (unpaired) electrons. The molecule has 0 bridgehead atoms. The summed E-state index contributed by atoms with van der Waals surface area (Å²) in [7, 11) is 1.57. The first kappa shape index (κ1) is 29.8. The number of benzene rings is 2. The van der Waals surface area contributed by atoms with Gasteiger partial charge in [0, 0.05) is 25.4 Å². The molecule has 8 heteroatoms. The van der Waals surface area contributed by atoms with Gasteiger partial charge in [-0.2, -0.15) is 0 Å². The largest absolute Gasteiger partial charge is 0.495 e. The Hall–Kier alpha value is -3.39. The number of hydrogen-bond acceptors (Lipinski definition) is 5. The monoisotopic (exact) mass is 511 g/mol. The number of hydrogen-bond donors (Lipinski definition) is 3. The Labute approximate surface area is 220 Å². The molecule has 0 fully saturated rings. The third-order valence-electron chi connectivity index (χ3n) is 6.72. The Morgan fingerprint density at radius 3 is 2.27 bits per heavy atom. The maximum absolute atomic E-state index is 13.3. The minimum atomic E-state index is -0.403. The van der Waals surface area contributed by atoms with E-state index in [9.17, 15) is 14.4 Å². The number of amides is 3.